The zero-order valence-corrected chi connectivity index (χ0v) is 13.3. The second-order valence-electron chi connectivity index (χ2n) is 4.69. The van der Waals surface area contributed by atoms with Crippen molar-refractivity contribution in [3.8, 4) is 0 Å². The highest BCUT2D eigenvalue weighted by molar-refractivity contribution is 7.98. The quantitative estimate of drug-likeness (QED) is 0.743. The molecule has 0 saturated carbocycles. The number of fused-ring (bicyclic) bond motifs is 1. The minimum atomic E-state index is -3.57. The van der Waals surface area contributed by atoms with Crippen LogP contribution >= 0.6 is 11.9 Å². The van der Waals surface area contributed by atoms with Gasteiger partial charge in [-0.1, -0.05) is 30.3 Å². The second-order valence-corrected chi connectivity index (χ2v) is 7.30. The molecule has 0 saturated heterocycles. The van der Waals surface area contributed by atoms with E-state index < -0.39 is 9.84 Å². The molecular formula is C15H14N2O2S2. The summed E-state index contributed by atoms with van der Waals surface area (Å²) >= 11 is 1.27. The van der Waals surface area contributed by atoms with Crippen LogP contribution in [0.25, 0.3) is 10.8 Å². The average molecular weight is 318 g/mol. The molecule has 0 fully saturated rings. The zero-order chi connectivity index (χ0) is 15.0. The molecule has 0 bridgehead atoms. The number of nitrogens with zero attached hydrogens (tertiary/aromatic N) is 2. The maximum atomic E-state index is 12.8. The van der Waals surface area contributed by atoms with E-state index in [-0.39, 0.29) is 9.92 Å². The van der Waals surface area contributed by atoms with Gasteiger partial charge in [0.05, 0.1) is 10.6 Å². The first-order chi connectivity index (χ1) is 10.0. The molecule has 0 aliphatic rings. The molecular weight excluding hydrogens is 304 g/mol. The Labute approximate surface area is 127 Å². The van der Waals surface area contributed by atoms with E-state index in [1.807, 2.05) is 30.3 Å². The average Bonchev–Trinajstić information content (AvgIpc) is 2.88. The van der Waals surface area contributed by atoms with Crippen LogP contribution in [0.1, 0.15) is 5.69 Å². The van der Waals surface area contributed by atoms with Gasteiger partial charge in [0.1, 0.15) is 0 Å². The van der Waals surface area contributed by atoms with Crippen molar-refractivity contribution in [2.75, 3.05) is 6.26 Å². The van der Waals surface area contributed by atoms with Gasteiger partial charge < -0.3 is 0 Å². The molecule has 4 nitrogen and oxygen atoms in total. The predicted molar refractivity (Wildman–Crippen MR) is 85.3 cm³/mol. The first-order valence-corrected chi connectivity index (χ1v) is 9.04. The van der Waals surface area contributed by atoms with E-state index in [4.69, 9.17) is 0 Å². The largest absolute Gasteiger partial charge is 0.224 e. The number of aryl methyl sites for hydroxylation is 1. The lowest BCUT2D eigenvalue weighted by atomic mass is 10.1. The van der Waals surface area contributed by atoms with Gasteiger partial charge in [-0.3, -0.25) is 0 Å². The molecule has 1 aromatic heterocycles. The van der Waals surface area contributed by atoms with Gasteiger partial charge in [-0.05, 0) is 47.8 Å². The van der Waals surface area contributed by atoms with Gasteiger partial charge in [-0.2, -0.15) is 9.19 Å². The zero-order valence-electron chi connectivity index (χ0n) is 11.6. The van der Waals surface area contributed by atoms with Gasteiger partial charge in [0, 0.05) is 6.26 Å². The summed E-state index contributed by atoms with van der Waals surface area (Å²) in [6.07, 6.45) is 1.80. The standard InChI is InChI=1S/C15H14N2O2S2/c1-11-9-15(17(16-11)20-2)21(18,19)14-8-7-12-5-3-4-6-13(12)10-14/h3-10H,1-2H3. The topological polar surface area (TPSA) is 52.0 Å². The third-order valence-electron chi connectivity index (χ3n) is 3.25. The summed E-state index contributed by atoms with van der Waals surface area (Å²) in [5.74, 6) is 0. The molecule has 0 spiro atoms. The van der Waals surface area contributed by atoms with E-state index in [2.05, 4.69) is 5.10 Å². The van der Waals surface area contributed by atoms with Crippen molar-refractivity contribution in [3.05, 3.63) is 54.2 Å². The molecule has 6 heteroatoms. The monoisotopic (exact) mass is 318 g/mol. The summed E-state index contributed by atoms with van der Waals surface area (Å²) in [5, 5.41) is 6.32. The third kappa shape index (κ3) is 2.45. The number of hydrogen-bond acceptors (Lipinski definition) is 4. The second kappa shape index (κ2) is 5.20. The number of benzene rings is 2. The van der Waals surface area contributed by atoms with Gasteiger partial charge in [0.15, 0.2) is 5.03 Å². The third-order valence-corrected chi connectivity index (χ3v) is 5.70. The van der Waals surface area contributed by atoms with E-state index in [0.717, 1.165) is 10.8 Å². The molecule has 0 aliphatic carbocycles. The van der Waals surface area contributed by atoms with Crippen LogP contribution in [-0.4, -0.2) is 23.9 Å². The van der Waals surface area contributed by atoms with E-state index in [9.17, 15) is 8.42 Å². The number of aromatic nitrogens is 2. The van der Waals surface area contributed by atoms with Crippen molar-refractivity contribution in [2.45, 2.75) is 16.8 Å². The summed E-state index contributed by atoms with van der Waals surface area (Å²) in [6, 6.07) is 14.5. The Morgan fingerprint density at radius 3 is 2.48 bits per heavy atom. The molecule has 108 valence electrons. The van der Waals surface area contributed by atoms with Gasteiger partial charge in [-0.15, -0.1) is 0 Å². The Morgan fingerprint density at radius 2 is 1.76 bits per heavy atom. The van der Waals surface area contributed by atoms with Crippen LogP contribution in [-0.2, 0) is 9.84 Å². The summed E-state index contributed by atoms with van der Waals surface area (Å²) < 4.78 is 27.0. The molecule has 2 aromatic carbocycles. The molecule has 0 radical (unpaired) electrons. The Kier molecular flexibility index (Phi) is 3.51. The molecule has 0 N–H and O–H groups in total. The SMILES string of the molecule is CSn1nc(C)cc1S(=O)(=O)c1ccc2ccccc2c1. The molecule has 0 atom stereocenters. The molecule has 0 unspecified atom stereocenters. The summed E-state index contributed by atoms with van der Waals surface area (Å²) in [4.78, 5) is 0.288. The van der Waals surface area contributed by atoms with Gasteiger partial charge in [0.2, 0.25) is 9.84 Å². The molecule has 3 aromatic rings. The van der Waals surface area contributed by atoms with Crippen LogP contribution in [0.3, 0.4) is 0 Å². The van der Waals surface area contributed by atoms with Crippen LogP contribution in [0, 0.1) is 6.92 Å². The van der Waals surface area contributed by atoms with Crippen molar-refractivity contribution >= 4 is 32.6 Å². The van der Waals surface area contributed by atoms with Gasteiger partial charge >= 0.3 is 0 Å². The summed E-state index contributed by atoms with van der Waals surface area (Å²) in [5.41, 5.74) is 0.684. The molecule has 0 amide bonds. The minimum Gasteiger partial charge on any atom is -0.217 e. The van der Waals surface area contributed by atoms with Crippen LogP contribution in [0.15, 0.2) is 58.5 Å². The van der Waals surface area contributed by atoms with Crippen LogP contribution < -0.4 is 0 Å². The summed E-state index contributed by atoms with van der Waals surface area (Å²) in [6.45, 7) is 1.78. The molecule has 3 rings (SSSR count). The maximum absolute atomic E-state index is 12.8. The lowest BCUT2D eigenvalue weighted by Crippen LogP contribution is -2.07. The first kappa shape index (κ1) is 14.2. The van der Waals surface area contributed by atoms with Crippen molar-refractivity contribution in [3.63, 3.8) is 0 Å². The van der Waals surface area contributed by atoms with Crippen LogP contribution in [0.5, 0.6) is 0 Å². The first-order valence-electron chi connectivity index (χ1n) is 6.37. The molecule has 0 aliphatic heterocycles. The Balaban J connectivity index is 2.19. The highest BCUT2D eigenvalue weighted by Crippen LogP contribution is 2.26. The van der Waals surface area contributed by atoms with Crippen molar-refractivity contribution < 1.29 is 8.42 Å². The maximum Gasteiger partial charge on any atom is 0.224 e. The number of hydrogen-bond donors (Lipinski definition) is 0. The van der Waals surface area contributed by atoms with Gasteiger partial charge in [0.25, 0.3) is 0 Å². The Hall–Kier alpha value is -1.79. The number of rotatable bonds is 3. The smallest absolute Gasteiger partial charge is 0.217 e. The Morgan fingerprint density at radius 1 is 1.05 bits per heavy atom. The van der Waals surface area contributed by atoms with Crippen LogP contribution in [0.4, 0.5) is 0 Å². The van der Waals surface area contributed by atoms with E-state index in [0.29, 0.717) is 5.69 Å². The highest BCUT2D eigenvalue weighted by atomic mass is 32.2. The van der Waals surface area contributed by atoms with Crippen LogP contribution in [0.2, 0.25) is 0 Å². The molecule has 21 heavy (non-hydrogen) atoms. The van der Waals surface area contributed by atoms with Gasteiger partial charge in [-0.25, -0.2) is 8.42 Å². The summed E-state index contributed by atoms with van der Waals surface area (Å²) in [7, 11) is -3.57. The van der Waals surface area contributed by atoms with E-state index in [1.165, 1.54) is 16.0 Å². The highest BCUT2D eigenvalue weighted by Gasteiger charge is 2.23. The minimum absolute atomic E-state index is 0.211. The fourth-order valence-corrected chi connectivity index (χ4v) is 4.53. The number of sulfone groups is 1. The van der Waals surface area contributed by atoms with E-state index in [1.54, 1.807) is 31.4 Å². The van der Waals surface area contributed by atoms with Crippen molar-refractivity contribution in [2.24, 2.45) is 0 Å². The fourth-order valence-electron chi connectivity index (χ4n) is 2.22. The Bertz CT molecular complexity index is 914. The predicted octanol–water partition coefficient (Wildman–Crippen LogP) is 3.30. The lowest BCUT2D eigenvalue weighted by Gasteiger charge is -2.07. The van der Waals surface area contributed by atoms with Crippen molar-refractivity contribution in [1.29, 1.82) is 0 Å². The lowest BCUT2D eigenvalue weighted by molar-refractivity contribution is 0.590. The normalized spacial score (nSPS) is 11.9. The fraction of sp³-hybridized carbons (Fsp3) is 0.133. The van der Waals surface area contributed by atoms with E-state index >= 15 is 0 Å². The molecule has 1 heterocycles. The van der Waals surface area contributed by atoms with Crippen molar-refractivity contribution in [1.82, 2.24) is 9.19 Å².